The SMILES string of the molecule is [2H]C([2H])([2H])c1ccc(-c2[c-]cc(CCc3cc(C)cc(-c4ccccc4-c4c[c-]c(-c5cc(-c6ccc(C7([2H])CCCCC7)cc6)c(C6([2H])CCCC6)cn5)cc4)c3)cc2)nc1.[Ir]. The Morgan fingerprint density at radius 2 is 1.24 bits per heavy atom. The van der Waals surface area contributed by atoms with E-state index in [2.05, 4.69) is 121 Å². The van der Waals surface area contributed by atoms with E-state index in [-0.39, 0.29) is 25.7 Å². The number of nitrogens with zero attached hydrogens (tertiary/aromatic N) is 2. The number of aryl methyl sites for hydroxylation is 4. The normalized spacial score (nSPS) is 17.2. The maximum absolute atomic E-state index is 9.48. The molecule has 3 heteroatoms. The number of hydrogen-bond acceptors (Lipinski definition) is 2. The summed E-state index contributed by atoms with van der Waals surface area (Å²) in [6.45, 7) is -0.0120. The summed E-state index contributed by atoms with van der Waals surface area (Å²) in [7, 11) is 0. The molecule has 0 amide bonds. The fourth-order valence-electron chi connectivity index (χ4n) is 8.86. The molecule has 9 rings (SSSR count). The van der Waals surface area contributed by atoms with Gasteiger partial charge >= 0.3 is 0 Å². The van der Waals surface area contributed by atoms with E-state index < -0.39 is 18.6 Å². The Labute approximate surface area is 366 Å². The zero-order valence-corrected chi connectivity index (χ0v) is 35.6. The number of hydrogen-bond donors (Lipinski definition) is 0. The van der Waals surface area contributed by atoms with Gasteiger partial charge in [0.1, 0.15) is 0 Å². The van der Waals surface area contributed by atoms with Crippen molar-refractivity contribution < 1.29 is 27.0 Å². The standard InChI is InChI=1S/C55H52N2.Ir/c1-38-16-31-54(56-36-38)47-21-19-40(20-22-47)17-18-41-32-39(2)33-49(34-41)51-15-9-8-14-50(51)45-27-29-48(30-28-45)55-35-52(53(37-57-55)44-12-6-7-13-44)46-25-23-43(24-26-46)42-10-4-3-5-11-42;/h8-9,14-16,19-21,23-29,31-37,42,44H,3-7,10-13,17-18H2,1-2H3;/q-2;/i1D3,42D,44D;. The fraction of sp³-hybridized carbons (Fsp3) is 0.273. The Morgan fingerprint density at radius 3 is 1.95 bits per heavy atom. The third-order valence-corrected chi connectivity index (χ3v) is 11.9. The average molecular weight is 938 g/mol. The predicted molar refractivity (Wildman–Crippen MR) is 237 cm³/mol. The van der Waals surface area contributed by atoms with Crippen molar-refractivity contribution in [2.75, 3.05) is 0 Å². The minimum atomic E-state index is -2.17. The maximum atomic E-state index is 9.48. The fourth-order valence-corrected chi connectivity index (χ4v) is 8.86. The summed E-state index contributed by atoms with van der Waals surface area (Å²) >= 11 is 0. The second-order valence-electron chi connectivity index (χ2n) is 16.0. The molecule has 2 heterocycles. The topological polar surface area (TPSA) is 25.8 Å². The van der Waals surface area contributed by atoms with E-state index in [1.165, 1.54) is 40.4 Å². The van der Waals surface area contributed by atoms with Gasteiger partial charge in [0, 0.05) is 39.4 Å². The van der Waals surface area contributed by atoms with Gasteiger partial charge in [-0.3, -0.25) is 0 Å². The van der Waals surface area contributed by atoms with Crippen molar-refractivity contribution in [3.8, 4) is 55.9 Å². The zero-order valence-electron chi connectivity index (χ0n) is 38.2. The number of benzene rings is 5. The average Bonchev–Trinajstić information content (AvgIpc) is 3.75. The van der Waals surface area contributed by atoms with Crippen LogP contribution in [0.2, 0.25) is 0 Å². The summed E-state index contributed by atoms with van der Waals surface area (Å²) in [5, 5.41) is 0. The van der Waals surface area contributed by atoms with Crippen LogP contribution in [-0.4, -0.2) is 9.97 Å². The van der Waals surface area contributed by atoms with Crippen LogP contribution in [0.15, 0.2) is 134 Å². The van der Waals surface area contributed by atoms with Crippen molar-refractivity contribution in [2.45, 2.75) is 96.2 Å². The second-order valence-corrected chi connectivity index (χ2v) is 16.0. The molecule has 2 nitrogen and oxygen atoms in total. The Kier molecular flexibility index (Phi) is 10.7. The first-order chi connectivity index (χ1) is 29.9. The molecule has 0 saturated heterocycles. The van der Waals surface area contributed by atoms with Gasteiger partial charge in [-0.05, 0) is 114 Å². The van der Waals surface area contributed by atoms with E-state index in [0.29, 0.717) is 5.69 Å². The smallest absolute Gasteiger partial charge is 0.0353 e. The summed E-state index contributed by atoms with van der Waals surface area (Å²) in [5.41, 5.74) is 16.0. The van der Waals surface area contributed by atoms with Gasteiger partial charge in [-0.1, -0.05) is 140 Å². The van der Waals surface area contributed by atoms with Crippen LogP contribution in [0.3, 0.4) is 0 Å². The minimum absolute atomic E-state index is 0. The van der Waals surface area contributed by atoms with Crippen LogP contribution in [-0.2, 0) is 32.9 Å². The summed E-state index contributed by atoms with van der Waals surface area (Å²) in [4.78, 5) is 9.35. The van der Waals surface area contributed by atoms with Gasteiger partial charge in [0.05, 0.1) is 0 Å². The zero-order chi connectivity index (χ0) is 42.9. The maximum Gasteiger partial charge on any atom is 0.0353 e. The van der Waals surface area contributed by atoms with E-state index in [1.807, 2.05) is 18.3 Å². The van der Waals surface area contributed by atoms with E-state index in [0.717, 1.165) is 114 Å². The van der Waals surface area contributed by atoms with Crippen molar-refractivity contribution in [3.63, 3.8) is 0 Å². The van der Waals surface area contributed by atoms with Gasteiger partial charge in [-0.25, -0.2) is 0 Å². The van der Waals surface area contributed by atoms with E-state index in [1.54, 1.807) is 12.1 Å². The molecule has 7 aromatic rings. The molecule has 2 aliphatic rings. The van der Waals surface area contributed by atoms with Crippen LogP contribution in [0.4, 0.5) is 0 Å². The molecule has 0 N–H and O–H groups in total. The van der Waals surface area contributed by atoms with Gasteiger partial charge in [0.25, 0.3) is 0 Å². The van der Waals surface area contributed by atoms with Crippen molar-refractivity contribution in [1.82, 2.24) is 9.97 Å². The van der Waals surface area contributed by atoms with Crippen molar-refractivity contribution >= 4 is 0 Å². The molecule has 0 aliphatic heterocycles. The minimum Gasteiger partial charge on any atom is -0.304 e. The molecule has 0 spiro atoms. The molecule has 0 unspecified atom stereocenters. The Balaban J connectivity index is 0.00000544. The van der Waals surface area contributed by atoms with Crippen LogP contribution >= 0.6 is 0 Å². The predicted octanol–water partition coefficient (Wildman–Crippen LogP) is 14.5. The number of aromatic nitrogens is 2. The molecule has 293 valence electrons. The third kappa shape index (κ3) is 9.02. The summed E-state index contributed by atoms with van der Waals surface area (Å²) in [6.07, 6.45) is 14.2. The van der Waals surface area contributed by atoms with E-state index in [9.17, 15) is 2.74 Å². The molecule has 2 aliphatic carbocycles. The van der Waals surface area contributed by atoms with Crippen molar-refractivity contribution in [3.05, 3.63) is 179 Å². The largest absolute Gasteiger partial charge is 0.304 e. The molecule has 2 saturated carbocycles. The molecular formula is C55H52IrN2-2. The molecule has 1 radical (unpaired) electrons. The second kappa shape index (κ2) is 18.3. The van der Waals surface area contributed by atoms with Crippen LogP contribution in [0.5, 0.6) is 0 Å². The summed E-state index contributed by atoms with van der Waals surface area (Å²) in [6, 6.07) is 49.0. The first-order valence-corrected chi connectivity index (χ1v) is 20.8. The molecule has 5 aromatic carbocycles. The monoisotopic (exact) mass is 938 g/mol. The van der Waals surface area contributed by atoms with Crippen LogP contribution < -0.4 is 0 Å². The quantitative estimate of drug-likeness (QED) is 0.128. The van der Waals surface area contributed by atoms with Gasteiger partial charge in [-0.2, -0.15) is 0 Å². The Bertz CT molecular complexity index is 2660. The molecular weight excluding hydrogens is 881 g/mol. The molecule has 58 heavy (non-hydrogen) atoms. The summed E-state index contributed by atoms with van der Waals surface area (Å²) in [5.74, 6) is -1.15. The van der Waals surface area contributed by atoms with Gasteiger partial charge in [0.2, 0.25) is 0 Å². The Hall–Kier alpha value is -4.95. The third-order valence-electron chi connectivity index (χ3n) is 11.9. The van der Waals surface area contributed by atoms with E-state index in [4.69, 9.17) is 9.10 Å². The molecule has 0 atom stereocenters. The van der Waals surface area contributed by atoms with Gasteiger partial charge in [-0.15, -0.1) is 65.2 Å². The van der Waals surface area contributed by atoms with Crippen LogP contribution in [0.25, 0.3) is 55.9 Å². The number of pyridine rings is 2. The van der Waals surface area contributed by atoms with Gasteiger partial charge in [0.15, 0.2) is 0 Å². The van der Waals surface area contributed by atoms with Crippen LogP contribution in [0.1, 0.15) is 110 Å². The molecule has 0 bridgehead atoms. The van der Waals surface area contributed by atoms with Crippen LogP contribution in [0, 0.1) is 25.9 Å². The molecule has 2 fully saturated rings. The number of rotatable bonds is 10. The van der Waals surface area contributed by atoms with Crippen molar-refractivity contribution in [1.29, 1.82) is 0 Å². The van der Waals surface area contributed by atoms with E-state index >= 15 is 0 Å². The molecule has 2 aromatic heterocycles. The first kappa shape index (κ1) is 34.0. The Morgan fingerprint density at radius 1 is 0.569 bits per heavy atom. The van der Waals surface area contributed by atoms with Gasteiger partial charge < -0.3 is 9.97 Å². The van der Waals surface area contributed by atoms with Crippen molar-refractivity contribution in [2.24, 2.45) is 0 Å². The summed E-state index contributed by atoms with van der Waals surface area (Å²) < 4.78 is 41.5. The first-order valence-electron chi connectivity index (χ1n) is 23.3.